The predicted octanol–water partition coefficient (Wildman–Crippen LogP) is 5.70. The van der Waals surface area contributed by atoms with Crippen molar-refractivity contribution in [3.05, 3.63) is 23.8 Å². The van der Waals surface area contributed by atoms with Crippen molar-refractivity contribution >= 4 is 5.97 Å². The highest BCUT2D eigenvalue weighted by molar-refractivity contribution is 5.69. The van der Waals surface area contributed by atoms with Crippen LogP contribution in [0, 0.1) is 5.92 Å². The fourth-order valence-electron chi connectivity index (χ4n) is 3.23. The first-order valence-electron chi connectivity index (χ1n) is 9.94. The number of phenolic OH excluding ortho intramolecular Hbond substituents is 2. The van der Waals surface area contributed by atoms with Crippen molar-refractivity contribution in [3.8, 4) is 11.5 Å². The first-order valence-corrected chi connectivity index (χ1v) is 9.94. The molecule has 0 radical (unpaired) electrons. The summed E-state index contributed by atoms with van der Waals surface area (Å²) in [5.74, 6) is 0.662. The maximum atomic E-state index is 11.6. The van der Waals surface area contributed by atoms with Crippen molar-refractivity contribution in [1.29, 1.82) is 0 Å². The molecule has 1 aromatic carbocycles. The van der Waals surface area contributed by atoms with Gasteiger partial charge in [0, 0.05) is 12.5 Å². The predicted molar refractivity (Wildman–Crippen MR) is 106 cm³/mol. The van der Waals surface area contributed by atoms with E-state index in [1.165, 1.54) is 6.07 Å². The van der Waals surface area contributed by atoms with Crippen LogP contribution < -0.4 is 0 Å². The summed E-state index contributed by atoms with van der Waals surface area (Å²) in [4.78, 5) is 11.6. The lowest BCUT2D eigenvalue weighted by molar-refractivity contribution is -0.144. The molecule has 2 N–H and O–H groups in total. The smallest absolute Gasteiger partial charge is 0.305 e. The zero-order valence-electron chi connectivity index (χ0n) is 16.9. The molecule has 1 unspecified atom stereocenters. The van der Waals surface area contributed by atoms with E-state index in [-0.39, 0.29) is 22.9 Å². The van der Waals surface area contributed by atoms with E-state index in [0.29, 0.717) is 18.9 Å². The third kappa shape index (κ3) is 8.11. The van der Waals surface area contributed by atoms with E-state index in [0.717, 1.165) is 50.5 Å². The Balaban J connectivity index is 2.28. The van der Waals surface area contributed by atoms with Crippen molar-refractivity contribution in [2.24, 2.45) is 5.92 Å². The molecule has 0 spiro atoms. The second kappa shape index (κ2) is 11.1. The third-order valence-corrected chi connectivity index (χ3v) is 5.07. The standard InChI is InChI=1S/C22H36O4/c1-5-6-7-10-21(25)26-15-13-17(2)9-8-14-22(3,4)19-12-11-18(23)16-20(19)24/h11-12,16-17,23-24H,5-10,13-15H2,1-4H3. The molecule has 4 nitrogen and oxygen atoms in total. The fraction of sp³-hybridized carbons (Fsp3) is 0.682. The van der Waals surface area contributed by atoms with Gasteiger partial charge in [0.25, 0.3) is 0 Å². The summed E-state index contributed by atoms with van der Waals surface area (Å²) in [6.07, 6.45) is 7.60. The fourth-order valence-corrected chi connectivity index (χ4v) is 3.23. The van der Waals surface area contributed by atoms with Gasteiger partial charge in [-0.2, -0.15) is 0 Å². The molecule has 0 saturated heterocycles. The van der Waals surface area contributed by atoms with Crippen LogP contribution in [0.1, 0.15) is 84.6 Å². The summed E-state index contributed by atoms with van der Waals surface area (Å²) in [7, 11) is 0. The van der Waals surface area contributed by atoms with Crippen LogP contribution in [0.3, 0.4) is 0 Å². The van der Waals surface area contributed by atoms with Gasteiger partial charge in [0.05, 0.1) is 6.61 Å². The molecule has 0 amide bonds. The van der Waals surface area contributed by atoms with Crippen molar-refractivity contribution in [1.82, 2.24) is 0 Å². The van der Waals surface area contributed by atoms with Gasteiger partial charge in [0.1, 0.15) is 11.5 Å². The van der Waals surface area contributed by atoms with Gasteiger partial charge in [-0.25, -0.2) is 0 Å². The molecule has 0 aromatic heterocycles. The zero-order chi connectivity index (χ0) is 19.6. The van der Waals surface area contributed by atoms with E-state index in [4.69, 9.17) is 4.74 Å². The van der Waals surface area contributed by atoms with E-state index >= 15 is 0 Å². The number of hydrogen-bond donors (Lipinski definition) is 2. The number of unbranched alkanes of at least 4 members (excludes halogenated alkanes) is 2. The Morgan fingerprint density at radius 3 is 2.54 bits per heavy atom. The van der Waals surface area contributed by atoms with Gasteiger partial charge >= 0.3 is 5.97 Å². The van der Waals surface area contributed by atoms with E-state index in [1.807, 2.05) is 0 Å². The van der Waals surface area contributed by atoms with Gasteiger partial charge in [-0.15, -0.1) is 0 Å². The van der Waals surface area contributed by atoms with Gasteiger partial charge in [-0.1, -0.05) is 59.4 Å². The lowest BCUT2D eigenvalue weighted by Gasteiger charge is -2.27. The van der Waals surface area contributed by atoms with Crippen molar-refractivity contribution in [2.75, 3.05) is 6.61 Å². The maximum Gasteiger partial charge on any atom is 0.305 e. The zero-order valence-corrected chi connectivity index (χ0v) is 16.9. The number of hydrogen-bond acceptors (Lipinski definition) is 4. The Morgan fingerprint density at radius 2 is 1.88 bits per heavy atom. The largest absolute Gasteiger partial charge is 0.508 e. The second-order valence-corrected chi connectivity index (χ2v) is 8.05. The van der Waals surface area contributed by atoms with Crippen LogP contribution in [0.4, 0.5) is 0 Å². The van der Waals surface area contributed by atoms with Crippen molar-refractivity contribution < 1.29 is 19.7 Å². The number of carbonyl (C=O) groups is 1. The molecule has 0 aliphatic carbocycles. The minimum absolute atomic E-state index is 0.0745. The number of ether oxygens (including phenoxy) is 1. The summed E-state index contributed by atoms with van der Waals surface area (Å²) in [5, 5.41) is 19.5. The van der Waals surface area contributed by atoms with Crippen LogP contribution >= 0.6 is 0 Å². The molecular formula is C22H36O4. The minimum Gasteiger partial charge on any atom is -0.508 e. The van der Waals surface area contributed by atoms with Gasteiger partial charge in [-0.3, -0.25) is 4.79 Å². The van der Waals surface area contributed by atoms with Crippen LogP contribution in [0.15, 0.2) is 18.2 Å². The van der Waals surface area contributed by atoms with Crippen molar-refractivity contribution in [3.63, 3.8) is 0 Å². The molecular weight excluding hydrogens is 328 g/mol. The Hall–Kier alpha value is -1.71. The van der Waals surface area contributed by atoms with Gasteiger partial charge in [0.15, 0.2) is 0 Å². The third-order valence-electron chi connectivity index (χ3n) is 5.07. The van der Waals surface area contributed by atoms with Gasteiger partial charge < -0.3 is 14.9 Å². The van der Waals surface area contributed by atoms with E-state index in [2.05, 4.69) is 27.7 Å². The van der Waals surface area contributed by atoms with Crippen LogP contribution in [-0.4, -0.2) is 22.8 Å². The molecule has 4 heteroatoms. The minimum atomic E-state index is -0.150. The SMILES string of the molecule is CCCCCC(=O)OCCC(C)CCCC(C)(C)c1ccc(O)cc1O. The molecule has 0 aliphatic rings. The molecule has 1 atom stereocenters. The van der Waals surface area contributed by atoms with E-state index in [9.17, 15) is 15.0 Å². The summed E-state index contributed by atoms with van der Waals surface area (Å²) in [6, 6.07) is 4.81. The first kappa shape index (κ1) is 22.3. The highest BCUT2D eigenvalue weighted by atomic mass is 16.5. The Bertz CT molecular complexity index is 551. The van der Waals surface area contributed by atoms with Crippen LogP contribution in [0.5, 0.6) is 11.5 Å². The number of aromatic hydroxyl groups is 2. The molecule has 1 rings (SSSR count). The molecule has 0 aliphatic heterocycles. The summed E-state index contributed by atoms with van der Waals surface area (Å²) in [6.45, 7) is 9.05. The number of carbonyl (C=O) groups excluding carboxylic acids is 1. The number of benzene rings is 1. The Morgan fingerprint density at radius 1 is 1.15 bits per heavy atom. The number of phenols is 2. The quantitative estimate of drug-likeness (QED) is 0.369. The number of rotatable bonds is 12. The number of esters is 1. The summed E-state index contributed by atoms with van der Waals surface area (Å²) >= 11 is 0. The van der Waals surface area contributed by atoms with Crippen LogP contribution in [0.25, 0.3) is 0 Å². The van der Waals surface area contributed by atoms with E-state index in [1.54, 1.807) is 12.1 Å². The Labute approximate surface area is 158 Å². The molecule has 0 saturated carbocycles. The first-order chi connectivity index (χ1) is 12.3. The lowest BCUT2D eigenvalue weighted by Crippen LogP contribution is -2.17. The highest BCUT2D eigenvalue weighted by Crippen LogP contribution is 2.37. The normalized spacial score (nSPS) is 12.8. The molecule has 0 fully saturated rings. The van der Waals surface area contributed by atoms with Crippen LogP contribution in [0.2, 0.25) is 0 Å². The molecule has 0 bridgehead atoms. The average Bonchev–Trinajstić information content (AvgIpc) is 2.54. The van der Waals surface area contributed by atoms with E-state index < -0.39 is 0 Å². The Kier molecular flexibility index (Phi) is 9.53. The molecule has 26 heavy (non-hydrogen) atoms. The maximum absolute atomic E-state index is 11.6. The second-order valence-electron chi connectivity index (χ2n) is 8.05. The average molecular weight is 365 g/mol. The summed E-state index contributed by atoms with van der Waals surface area (Å²) in [5.41, 5.74) is 0.715. The van der Waals surface area contributed by atoms with Crippen LogP contribution in [-0.2, 0) is 14.9 Å². The summed E-state index contributed by atoms with van der Waals surface area (Å²) < 4.78 is 5.31. The molecule has 0 heterocycles. The molecule has 148 valence electrons. The molecule has 1 aromatic rings. The van der Waals surface area contributed by atoms with Gasteiger partial charge in [-0.05, 0) is 42.2 Å². The van der Waals surface area contributed by atoms with Crippen molar-refractivity contribution in [2.45, 2.75) is 84.5 Å². The monoisotopic (exact) mass is 364 g/mol. The topological polar surface area (TPSA) is 66.8 Å². The highest BCUT2D eigenvalue weighted by Gasteiger charge is 2.24. The lowest BCUT2D eigenvalue weighted by atomic mass is 9.79. The van der Waals surface area contributed by atoms with Gasteiger partial charge in [0.2, 0.25) is 0 Å².